The van der Waals surface area contributed by atoms with E-state index in [1.54, 1.807) is 0 Å². The highest BCUT2D eigenvalue weighted by atomic mass is 16.5. The zero-order chi connectivity index (χ0) is 12.7. The summed E-state index contributed by atoms with van der Waals surface area (Å²) in [5.74, 6) is 0.620. The van der Waals surface area contributed by atoms with E-state index < -0.39 is 0 Å². The highest BCUT2D eigenvalue weighted by Crippen LogP contribution is 2.09. The molecule has 0 unspecified atom stereocenters. The predicted octanol–water partition coefficient (Wildman–Crippen LogP) is 3.07. The minimum Gasteiger partial charge on any atom is -0.380 e. The van der Waals surface area contributed by atoms with Crippen LogP contribution in [0.1, 0.15) is 30.5 Å². The Hall–Kier alpha value is -0.860. The maximum atomic E-state index is 5.52. The van der Waals surface area contributed by atoms with Crippen LogP contribution in [0.3, 0.4) is 0 Å². The van der Waals surface area contributed by atoms with Gasteiger partial charge in [-0.05, 0) is 30.9 Å². The molecule has 17 heavy (non-hydrogen) atoms. The molecule has 2 nitrogen and oxygen atoms in total. The van der Waals surface area contributed by atoms with Gasteiger partial charge in [0.25, 0.3) is 0 Å². The van der Waals surface area contributed by atoms with Crippen molar-refractivity contribution in [3.05, 3.63) is 34.9 Å². The number of nitrogens with one attached hydrogen (secondary N) is 1. The van der Waals surface area contributed by atoms with Crippen LogP contribution in [0.4, 0.5) is 0 Å². The molecular weight excluding hydrogens is 210 g/mol. The molecule has 0 aliphatic carbocycles. The van der Waals surface area contributed by atoms with Crippen LogP contribution in [-0.4, -0.2) is 19.8 Å². The number of ether oxygens (including phenoxy) is 1. The molecule has 1 rings (SSSR count). The van der Waals surface area contributed by atoms with Crippen LogP contribution >= 0.6 is 0 Å². The van der Waals surface area contributed by atoms with E-state index in [4.69, 9.17) is 4.74 Å². The molecular formula is C15H25NO. The first-order valence-corrected chi connectivity index (χ1v) is 6.44. The lowest BCUT2D eigenvalue weighted by atomic mass is 10.1. The monoisotopic (exact) mass is 235 g/mol. The molecule has 0 saturated carbocycles. The second-order valence-electron chi connectivity index (χ2n) is 5.08. The van der Waals surface area contributed by atoms with Crippen LogP contribution in [0.5, 0.6) is 0 Å². The van der Waals surface area contributed by atoms with E-state index in [-0.39, 0.29) is 0 Å². The van der Waals surface area contributed by atoms with Gasteiger partial charge in [-0.25, -0.2) is 0 Å². The zero-order valence-corrected chi connectivity index (χ0v) is 11.5. The minimum absolute atomic E-state index is 0.620. The minimum atomic E-state index is 0.620. The van der Waals surface area contributed by atoms with E-state index in [1.165, 1.54) is 16.7 Å². The quantitative estimate of drug-likeness (QED) is 0.733. The fraction of sp³-hybridized carbons (Fsp3) is 0.600. The summed E-state index contributed by atoms with van der Waals surface area (Å²) in [4.78, 5) is 0. The molecule has 0 fully saturated rings. The van der Waals surface area contributed by atoms with E-state index in [2.05, 4.69) is 51.2 Å². The fourth-order valence-corrected chi connectivity index (χ4v) is 1.73. The Morgan fingerprint density at radius 1 is 1.24 bits per heavy atom. The summed E-state index contributed by atoms with van der Waals surface area (Å²) >= 11 is 0. The number of rotatable bonds is 7. The average Bonchev–Trinajstić information content (AvgIpc) is 2.25. The molecule has 0 saturated heterocycles. The molecule has 0 aliphatic rings. The van der Waals surface area contributed by atoms with E-state index in [0.29, 0.717) is 5.92 Å². The molecule has 0 aliphatic heterocycles. The van der Waals surface area contributed by atoms with Crippen LogP contribution in [0.2, 0.25) is 0 Å². The number of benzene rings is 1. The van der Waals surface area contributed by atoms with E-state index in [9.17, 15) is 0 Å². The van der Waals surface area contributed by atoms with Crippen molar-refractivity contribution in [2.75, 3.05) is 19.8 Å². The van der Waals surface area contributed by atoms with Gasteiger partial charge in [0.05, 0.1) is 6.61 Å². The van der Waals surface area contributed by atoms with Crippen molar-refractivity contribution < 1.29 is 4.74 Å². The molecule has 0 bridgehead atoms. The molecule has 0 aromatic heterocycles. The number of hydrogen-bond donors (Lipinski definition) is 1. The number of aryl methyl sites for hydroxylation is 2. The third-order valence-electron chi connectivity index (χ3n) is 2.69. The summed E-state index contributed by atoms with van der Waals surface area (Å²) in [6, 6.07) is 6.60. The van der Waals surface area contributed by atoms with Crippen molar-refractivity contribution in [3.8, 4) is 0 Å². The van der Waals surface area contributed by atoms with Crippen LogP contribution in [0.25, 0.3) is 0 Å². The summed E-state index contributed by atoms with van der Waals surface area (Å²) in [6.07, 6.45) is 0. The fourth-order valence-electron chi connectivity index (χ4n) is 1.73. The lowest BCUT2D eigenvalue weighted by molar-refractivity contribution is 0.111. The van der Waals surface area contributed by atoms with Gasteiger partial charge in [-0.2, -0.15) is 0 Å². The Labute approximate surface area is 105 Å². The smallest absolute Gasteiger partial charge is 0.0591 e. The van der Waals surface area contributed by atoms with Crippen LogP contribution < -0.4 is 5.32 Å². The van der Waals surface area contributed by atoms with Gasteiger partial charge < -0.3 is 10.1 Å². The first-order valence-electron chi connectivity index (χ1n) is 6.44. The molecule has 96 valence electrons. The Morgan fingerprint density at radius 2 is 2.00 bits per heavy atom. The molecule has 0 heterocycles. The van der Waals surface area contributed by atoms with Crippen molar-refractivity contribution in [2.24, 2.45) is 5.92 Å². The van der Waals surface area contributed by atoms with E-state index in [0.717, 1.165) is 26.3 Å². The standard InChI is InChI=1S/C15H25NO/c1-12(2)11-17-8-7-16-10-15-6-5-13(3)9-14(15)4/h5-6,9,12,16H,7-8,10-11H2,1-4H3. The van der Waals surface area contributed by atoms with Gasteiger partial charge in [0.2, 0.25) is 0 Å². The summed E-state index contributed by atoms with van der Waals surface area (Å²) in [5, 5.41) is 3.41. The molecule has 1 aromatic carbocycles. The van der Waals surface area contributed by atoms with Crippen molar-refractivity contribution in [1.82, 2.24) is 5.32 Å². The topological polar surface area (TPSA) is 21.3 Å². The first kappa shape index (κ1) is 14.2. The van der Waals surface area contributed by atoms with Crippen molar-refractivity contribution in [1.29, 1.82) is 0 Å². The van der Waals surface area contributed by atoms with Gasteiger partial charge in [-0.3, -0.25) is 0 Å². The molecule has 2 heteroatoms. The van der Waals surface area contributed by atoms with Crippen LogP contribution in [0.15, 0.2) is 18.2 Å². The van der Waals surface area contributed by atoms with Crippen LogP contribution in [0, 0.1) is 19.8 Å². The maximum absolute atomic E-state index is 5.52. The average molecular weight is 235 g/mol. The molecule has 0 radical (unpaired) electrons. The van der Waals surface area contributed by atoms with Gasteiger partial charge in [0.15, 0.2) is 0 Å². The predicted molar refractivity (Wildman–Crippen MR) is 73.3 cm³/mol. The first-order chi connectivity index (χ1) is 8.09. The lowest BCUT2D eigenvalue weighted by Gasteiger charge is -2.10. The Kier molecular flexibility index (Phi) is 6.23. The summed E-state index contributed by atoms with van der Waals surface area (Å²) in [6.45, 7) is 12.1. The summed E-state index contributed by atoms with van der Waals surface area (Å²) in [5.41, 5.74) is 4.06. The van der Waals surface area contributed by atoms with E-state index in [1.807, 2.05) is 0 Å². The normalized spacial score (nSPS) is 11.1. The zero-order valence-electron chi connectivity index (χ0n) is 11.5. The second kappa shape index (κ2) is 7.46. The number of hydrogen-bond acceptors (Lipinski definition) is 2. The molecule has 1 aromatic rings. The second-order valence-corrected chi connectivity index (χ2v) is 5.08. The third-order valence-corrected chi connectivity index (χ3v) is 2.69. The Balaban J connectivity index is 2.18. The van der Waals surface area contributed by atoms with Gasteiger partial charge in [-0.15, -0.1) is 0 Å². The Bertz CT molecular complexity index is 334. The van der Waals surface area contributed by atoms with Gasteiger partial charge in [0, 0.05) is 19.7 Å². The SMILES string of the molecule is Cc1ccc(CNCCOCC(C)C)c(C)c1. The van der Waals surface area contributed by atoms with E-state index >= 15 is 0 Å². The highest BCUT2D eigenvalue weighted by Gasteiger charge is 1.98. The molecule has 0 amide bonds. The molecule has 0 spiro atoms. The highest BCUT2D eigenvalue weighted by molar-refractivity contribution is 5.30. The van der Waals surface area contributed by atoms with Crippen molar-refractivity contribution in [2.45, 2.75) is 34.2 Å². The summed E-state index contributed by atoms with van der Waals surface area (Å²) < 4.78 is 5.52. The van der Waals surface area contributed by atoms with Crippen molar-refractivity contribution in [3.63, 3.8) is 0 Å². The van der Waals surface area contributed by atoms with Crippen LogP contribution in [-0.2, 0) is 11.3 Å². The molecule has 0 atom stereocenters. The summed E-state index contributed by atoms with van der Waals surface area (Å²) in [7, 11) is 0. The maximum Gasteiger partial charge on any atom is 0.0591 e. The molecule has 1 N–H and O–H groups in total. The Morgan fingerprint density at radius 3 is 2.65 bits per heavy atom. The van der Waals surface area contributed by atoms with Gasteiger partial charge >= 0.3 is 0 Å². The van der Waals surface area contributed by atoms with Gasteiger partial charge in [0.1, 0.15) is 0 Å². The van der Waals surface area contributed by atoms with Gasteiger partial charge in [-0.1, -0.05) is 37.6 Å². The lowest BCUT2D eigenvalue weighted by Crippen LogP contribution is -2.20. The largest absolute Gasteiger partial charge is 0.380 e. The third kappa shape index (κ3) is 5.85. The van der Waals surface area contributed by atoms with Crippen molar-refractivity contribution >= 4 is 0 Å².